The van der Waals surface area contributed by atoms with E-state index in [2.05, 4.69) is 9.97 Å². The Morgan fingerprint density at radius 1 is 1.09 bits per heavy atom. The molecule has 5 rings (SSSR count). The van der Waals surface area contributed by atoms with Crippen LogP contribution in [0, 0.1) is 0 Å². The molecule has 0 bridgehead atoms. The molecule has 1 aliphatic heterocycles. The molecule has 9 heteroatoms. The molecule has 1 saturated heterocycles. The van der Waals surface area contributed by atoms with Crippen molar-refractivity contribution in [1.82, 2.24) is 24.6 Å². The van der Waals surface area contributed by atoms with E-state index in [9.17, 15) is 4.79 Å². The van der Waals surface area contributed by atoms with Gasteiger partial charge in [-0.1, -0.05) is 29.8 Å². The van der Waals surface area contributed by atoms with E-state index in [0.29, 0.717) is 35.6 Å². The Bertz CT molecular complexity index is 1320. The number of carbonyl (C=O) groups is 1. The van der Waals surface area contributed by atoms with Gasteiger partial charge in [0.1, 0.15) is 29.3 Å². The normalized spacial score (nSPS) is 16.0. The number of amides is 1. The number of aromatic nitrogens is 4. The van der Waals surface area contributed by atoms with E-state index in [1.807, 2.05) is 59.3 Å². The number of hydrogen-bond donors (Lipinski definition) is 1. The van der Waals surface area contributed by atoms with Gasteiger partial charge in [0, 0.05) is 30.3 Å². The maximum absolute atomic E-state index is 12.2. The molecule has 1 atom stereocenters. The largest absolute Gasteiger partial charge is 0.457 e. The van der Waals surface area contributed by atoms with E-state index in [1.165, 1.54) is 17.9 Å². The summed E-state index contributed by atoms with van der Waals surface area (Å²) in [6.07, 6.45) is 3.55. The van der Waals surface area contributed by atoms with Gasteiger partial charge < -0.3 is 15.4 Å². The van der Waals surface area contributed by atoms with E-state index >= 15 is 0 Å². The Morgan fingerprint density at radius 3 is 2.61 bits per heavy atom. The summed E-state index contributed by atoms with van der Waals surface area (Å²) in [6.45, 7) is 1.14. The third kappa shape index (κ3) is 4.12. The van der Waals surface area contributed by atoms with Gasteiger partial charge in [-0.15, -0.1) is 0 Å². The molecule has 8 nitrogen and oxygen atoms in total. The second-order valence-electron chi connectivity index (χ2n) is 7.71. The zero-order chi connectivity index (χ0) is 22.8. The number of anilines is 1. The van der Waals surface area contributed by atoms with Crippen molar-refractivity contribution in [2.75, 3.05) is 18.8 Å². The zero-order valence-corrected chi connectivity index (χ0v) is 18.4. The van der Waals surface area contributed by atoms with Crippen LogP contribution < -0.4 is 10.5 Å². The lowest BCUT2D eigenvalue weighted by Crippen LogP contribution is -2.27. The molecule has 3 heterocycles. The van der Waals surface area contributed by atoms with E-state index in [-0.39, 0.29) is 11.9 Å². The van der Waals surface area contributed by atoms with Crippen LogP contribution in [0.5, 0.6) is 11.5 Å². The van der Waals surface area contributed by atoms with Gasteiger partial charge >= 0.3 is 0 Å². The first kappa shape index (κ1) is 21.0. The quantitative estimate of drug-likeness (QED) is 0.443. The summed E-state index contributed by atoms with van der Waals surface area (Å²) >= 11 is 5.57. The molecular formula is C24H21ClN6O2. The SMILES string of the molecule is Nc1ncnc2c1c(-c1ccc(Oc3ccccc3)cc1)nn2[C@H]1CCN(C(=O)/C=C/Cl)C1. The van der Waals surface area contributed by atoms with Crippen molar-refractivity contribution in [3.8, 4) is 22.8 Å². The minimum Gasteiger partial charge on any atom is -0.457 e. The van der Waals surface area contributed by atoms with Crippen LogP contribution in [0.1, 0.15) is 12.5 Å². The number of hydrogen-bond acceptors (Lipinski definition) is 6. The highest BCUT2D eigenvalue weighted by atomic mass is 35.5. The maximum atomic E-state index is 12.2. The van der Waals surface area contributed by atoms with Gasteiger partial charge in [-0.3, -0.25) is 4.79 Å². The van der Waals surface area contributed by atoms with E-state index in [4.69, 9.17) is 27.2 Å². The number of halogens is 1. The molecule has 0 radical (unpaired) electrons. The van der Waals surface area contributed by atoms with Crippen molar-refractivity contribution in [3.05, 3.63) is 72.5 Å². The molecule has 0 spiro atoms. The average Bonchev–Trinajstić information content (AvgIpc) is 3.47. The van der Waals surface area contributed by atoms with E-state index in [1.54, 1.807) is 4.90 Å². The third-order valence-corrected chi connectivity index (χ3v) is 5.78. The van der Waals surface area contributed by atoms with Crippen LogP contribution in [0.25, 0.3) is 22.3 Å². The fraction of sp³-hybridized carbons (Fsp3) is 0.167. The molecular weight excluding hydrogens is 440 g/mol. The summed E-state index contributed by atoms with van der Waals surface area (Å²) in [7, 11) is 0. The predicted octanol–water partition coefficient (Wildman–Crippen LogP) is 4.39. The molecule has 0 saturated carbocycles. The number of benzene rings is 2. The van der Waals surface area contributed by atoms with Gasteiger partial charge in [-0.05, 0) is 42.8 Å². The lowest BCUT2D eigenvalue weighted by molar-refractivity contribution is -0.125. The highest BCUT2D eigenvalue weighted by molar-refractivity contribution is 6.26. The monoisotopic (exact) mass is 460 g/mol. The first-order chi connectivity index (χ1) is 16.1. The Labute approximate surface area is 195 Å². The summed E-state index contributed by atoms with van der Waals surface area (Å²) in [5.41, 5.74) is 9.68. The number of likely N-dealkylation sites (tertiary alicyclic amines) is 1. The highest BCUT2D eigenvalue weighted by Gasteiger charge is 2.30. The molecule has 2 aromatic carbocycles. The van der Waals surface area contributed by atoms with Gasteiger partial charge in [0.2, 0.25) is 5.91 Å². The summed E-state index contributed by atoms with van der Waals surface area (Å²) in [4.78, 5) is 22.6. The van der Waals surface area contributed by atoms with Crippen molar-refractivity contribution < 1.29 is 9.53 Å². The molecule has 1 aliphatic rings. The first-order valence-corrected chi connectivity index (χ1v) is 11.0. The van der Waals surface area contributed by atoms with Crippen LogP contribution in [0.15, 0.2) is 72.5 Å². The first-order valence-electron chi connectivity index (χ1n) is 10.5. The van der Waals surface area contributed by atoms with E-state index < -0.39 is 0 Å². The number of fused-ring (bicyclic) bond motifs is 1. The summed E-state index contributed by atoms with van der Waals surface area (Å²) < 4.78 is 7.75. The summed E-state index contributed by atoms with van der Waals surface area (Å²) in [5, 5.41) is 5.56. The number of ether oxygens (including phenoxy) is 1. The number of nitrogens with two attached hydrogens (primary N) is 1. The van der Waals surface area contributed by atoms with Crippen LogP contribution in [0.3, 0.4) is 0 Å². The van der Waals surface area contributed by atoms with Crippen LogP contribution >= 0.6 is 11.6 Å². The van der Waals surface area contributed by atoms with Gasteiger partial charge in [0.25, 0.3) is 0 Å². The van der Waals surface area contributed by atoms with Gasteiger partial charge in [0.05, 0.1) is 11.4 Å². The van der Waals surface area contributed by atoms with Crippen molar-refractivity contribution in [2.24, 2.45) is 0 Å². The molecule has 0 aliphatic carbocycles. The number of carbonyl (C=O) groups excluding carboxylic acids is 1. The predicted molar refractivity (Wildman–Crippen MR) is 127 cm³/mol. The maximum Gasteiger partial charge on any atom is 0.247 e. The van der Waals surface area contributed by atoms with Crippen molar-refractivity contribution in [2.45, 2.75) is 12.5 Å². The van der Waals surface area contributed by atoms with Gasteiger partial charge in [-0.2, -0.15) is 5.10 Å². The van der Waals surface area contributed by atoms with Crippen LogP contribution in [0.2, 0.25) is 0 Å². The fourth-order valence-electron chi connectivity index (χ4n) is 4.06. The van der Waals surface area contributed by atoms with Crippen LogP contribution in [-0.4, -0.2) is 43.6 Å². The second-order valence-corrected chi connectivity index (χ2v) is 7.96. The summed E-state index contributed by atoms with van der Waals surface area (Å²) in [5.74, 6) is 1.73. The molecule has 2 aromatic heterocycles. The van der Waals surface area contributed by atoms with E-state index in [0.717, 1.165) is 23.5 Å². The number of rotatable bonds is 5. The number of para-hydroxylation sites is 1. The standard InChI is InChI=1S/C24H21ClN6O2/c25-12-10-20(32)30-13-11-17(14-30)31-24-21(23(26)27-15-28-24)22(29-31)16-6-8-19(9-7-16)33-18-4-2-1-3-5-18/h1-10,12,15,17H,11,13-14H2,(H2,26,27,28)/b12-10+/t17-/m0/s1. The van der Waals surface area contributed by atoms with Gasteiger partial charge in [0.15, 0.2) is 5.65 Å². The topological polar surface area (TPSA) is 99.2 Å². The molecule has 1 fully saturated rings. The number of nitrogen functional groups attached to an aromatic ring is 1. The lowest BCUT2D eigenvalue weighted by Gasteiger charge is -2.14. The third-order valence-electron chi connectivity index (χ3n) is 5.65. The molecule has 166 valence electrons. The highest BCUT2D eigenvalue weighted by Crippen LogP contribution is 2.35. The Hall–Kier alpha value is -3.91. The smallest absolute Gasteiger partial charge is 0.247 e. The zero-order valence-electron chi connectivity index (χ0n) is 17.6. The average molecular weight is 461 g/mol. The summed E-state index contributed by atoms with van der Waals surface area (Å²) in [6, 6.07) is 17.2. The minimum atomic E-state index is -0.118. The molecule has 2 N–H and O–H groups in total. The van der Waals surface area contributed by atoms with Crippen molar-refractivity contribution >= 4 is 34.4 Å². The second kappa shape index (κ2) is 8.91. The Balaban J connectivity index is 1.47. The molecule has 1 amide bonds. The fourth-order valence-corrected chi connectivity index (χ4v) is 4.17. The molecule has 0 unspecified atom stereocenters. The van der Waals surface area contributed by atoms with Crippen LogP contribution in [0.4, 0.5) is 5.82 Å². The minimum absolute atomic E-state index is 0.0242. The molecule has 4 aromatic rings. The molecule has 33 heavy (non-hydrogen) atoms. The Morgan fingerprint density at radius 2 is 1.85 bits per heavy atom. The van der Waals surface area contributed by atoms with Crippen molar-refractivity contribution in [3.63, 3.8) is 0 Å². The van der Waals surface area contributed by atoms with Crippen LogP contribution in [-0.2, 0) is 4.79 Å². The van der Waals surface area contributed by atoms with Gasteiger partial charge in [-0.25, -0.2) is 14.6 Å². The lowest BCUT2D eigenvalue weighted by atomic mass is 10.1. The van der Waals surface area contributed by atoms with Crippen molar-refractivity contribution in [1.29, 1.82) is 0 Å². The Kier molecular flexibility index (Phi) is 5.66. The number of nitrogens with zero attached hydrogens (tertiary/aromatic N) is 5.